The van der Waals surface area contributed by atoms with Gasteiger partial charge >= 0.3 is 6.09 Å². The Labute approximate surface area is 198 Å². The lowest BCUT2D eigenvalue weighted by Crippen LogP contribution is -2.57. The van der Waals surface area contributed by atoms with Crippen LogP contribution in [0.2, 0.25) is 0 Å². The van der Waals surface area contributed by atoms with E-state index >= 15 is 0 Å². The highest BCUT2D eigenvalue weighted by Gasteiger charge is 2.38. The van der Waals surface area contributed by atoms with Crippen LogP contribution in [0.4, 0.5) is 4.79 Å². The first-order chi connectivity index (χ1) is 14.6. The summed E-state index contributed by atoms with van der Waals surface area (Å²) in [5, 5.41) is 5.59. The molecular formula is C24H39N3O4S. The summed E-state index contributed by atoms with van der Waals surface area (Å²) in [6, 6.07) is 5.37. The molecule has 0 spiro atoms. The Morgan fingerprint density at radius 3 is 1.97 bits per heavy atom. The number of nitrogens with zero attached hydrogens (tertiary/aromatic N) is 1. The van der Waals surface area contributed by atoms with Crippen LogP contribution in [0.3, 0.4) is 0 Å². The molecule has 0 radical (unpaired) electrons. The van der Waals surface area contributed by atoms with E-state index in [1.807, 2.05) is 65.8 Å². The number of benzene rings is 1. The molecule has 180 valence electrons. The predicted octanol–water partition coefficient (Wildman–Crippen LogP) is 4.01. The molecule has 0 heterocycles. The summed E-state index contributed by atoms with van der Waals surface area (Å²) in [5.74, 6) is -0.642. The maximum atomic E-state index is 13.6. The van der Waals surface area contributed by atoms with Gasteiger partial charge in [0.15, 0.2) is 0 Å². The van der Waals surface area contributed by atoms with Gasteiger partial charge in [-0.1, -0.05) is 29.8 Å². The van der Waals surface area contributed by atoms with Crippen molar-refractivity contribution in [2.75, 3.05) is 5.75 Å². The van der Waals surface area contributed by atoms with Crippen LogP contribution in [-0.4, -0.2) is 51.8 Å². The van der Waals surface area contributed by atoms with Gasteiger partial charge in [0.1, 0.15) is 17.7 Å². The molecule has 2 atom stereocenters. The summed E-state index contributed by atoms with van der Waals surface area (Å²) in [7, 11) is 0. The number of carbonyl (C=O) groups excluding carboxylic acids is 3. The van der Waals surface area contributed by atoms with E-state index in [1.54, 1.807) is 20.8 Å². The molecule has 1 aromatic carbocycles. The number of amides is 3. The van der Waals surface area contributed by atoms with Crippen LogP contribution in [0.5, 0.6) is 0 Å². The summed E-state index contributed by atoms with van der Waals surface area (Å²) in [6.45, 7) is 16.5. The summed E-state index contributed by atoms with van der Waals surface area (Å²) in [4.78, 5) is 40.8. The van der Waals surface area contributed by atoms with Gasteiger partial charge in [0.05, 0.1) is 0 Å². The van der Waals surface area contributed by atoms with E-state index in [0.717, 1.165) is 5.56 Å². The van der Waals surface area contributed by atoms with Crippen molar-refractivity contribution in [3.05, 3.63) is 35.4 Å². The van der Waals surface area contributed by atoms with Crippen LogP contribution in [0.1, 0.15) is 72.6 Å². The van der Waals surface area contributed by atoms with E-state index in [4.69, 9.17) is 4.74 Å². The van der Waals surface area contributed by atoms with Gasteiger partial charge in [-0.15, -0.1) is 0 Å². The fourth-order valence-corrected chi connectivity index (χ4v) is 3.37. The standard InChI is InChI=1S/C24H39N3O4S/c1-15(2)27(21(29)18(14-32)25-22(30)31-24(7,8)9)19(20(28)26-23(4,5)6)17-12-10-16(3)11-13-17/h10-13,15,18-19,32H,14H2,1-9H3,(H,25,30)(H,26,28). The molecular weight excluding hydrogens is 426 g/mol. The van der Waals surface area contributed by atoms with Crippen LogP contribution >= 0.6 is 12.6 Å². The molecule has 0 aliphatic heterocycles. The van der Waals surface area contributed by atoms with Crippen molar-refractivity contribution in [3.63, 3.8) is 0 Å². The Morgan fingerprint density at radius 1 is 1.03 bits per heavy atom. The molecule has 1 rings (SSSR count). The van der Waals surface area contributed by atoms with Gasteiger partial charge in [0.2, 0.25) is 11.8 Å². The Kier molecular flexibility index (Phi) is 9.63. The van der Waals surface area contributed by atoms with Crippen molar-refractivity contribution >= 4 is 30.5 Å². The SMILES string of the molecule is Cc1ccc(C(C(=O)NC(C)(C)C)N(C(=O)C(CS)NC(=O)OC(C)(C)C)C(C)C)cc1. The second kappa shape index (κ2) is 11.1. The molecule has 0 aromatic heterocycles. The number of ether oxygens (including phenoxy) is 1. The number of rotatable bonds is 7. The fraction of sp³-hybridized carbons (Fsp3) is 0.625. The Hall–Kier alpha value is -2.22. The van der Waals surface area contributed by atoms with Crippen LogP contribution in [-0.2, 0) is 14.3 Å². The van der Waals surface area contributed by atoms with Crippen molar-refractivity contribution in [2.45, 2.75) is 91.6 Å². The van der Waals surface area contributed by atoms with E-state index < -0.39 is 35.2 Å². The zero-order valence-corrected chi connectivity index (χ0v) is 21.7. The highest BCUT2D eigenvalue weighted by molar-refractivity contribution is 7.80. The number of aryl methyl sites for hydroxylation is 1. The molecule has 0 bridgehead atoms. The fourth-order valence-electron chi connectivity index (χ4n) is 3.12. The van der Waals surface area contributed by atoms with Crippen molar-refractivity contribution in [2.24, 2.45) is 0 Å². The lowest BCUT2D eigenvalue weighted by atomic mass is 9.98. The summed E-state index contributed by atoms with van der Waals surface area (Å²) < 4.78 is 5.30. The monoisotopic (exact) mass is 465 g/mol. The zero-order chi connectivity index (χ0) is 24.9. The number of hydrogen-bond donors (Lipinski definition) is 3. The van der Waals surface area contributed by atoms with Crippen molar-refractivity contribution in [1.29, 1.82) is 0 Å². The van der Waals surface area contributed by atoms with Crippen LogP contribution < -0.4 is 10.6 Å². The Bertz CT molecular complexity index is 795. The normalized spacial score (nSPS) is 13.8. The zero-order valence-electron chi connectivity index (χ0n) is 20.8. The number of hydrogen-bond acceptors (Lipinski definition) is 5. The van der Waals surface area contributed by atoms with Crippen molar-refractivity contribution < 1.29 is 19.1 Å². The number of nitrogens with one attached hydrogen (secondary N) is 2. The minimum atomic E-state index is -0.953. The molecule has 0 aliphatic carbocycles. The van der Waals surface area contributed by atoms with E-state index in [2.05, 4.69) is 23.3 Å². The molecule has 0 saturated carbocycles. The van der Waals surface area contributed by atoms with Gasteiger partial charge in [-0.3, -0.25) is 9.59 Å². The lowest BCUT2D eigenvalue weighted by molar-refractivity contribution is -0.144. The van der Waals surface area contributed by atoms with E-state index in [-0.39, 0.29) is 17.7 Å². The minimum Gasteiger partial charge on any atom is -0.444 e. The van der Waals surface area contributed by atoms with Gasteiger partial charge in [0, 0.05) is 17.3 Å². The summed E-state index contributed by atoms with van der Waals surface area (Å²) in [6.07, 6.45) is -0.709. The molecule has 32 heavy (non-hydrogen) atoms. The van der Waals surface area contributed by atoms with E-state index in [0.29, 0.717) is 5.56 Å². The van der Waals surface area contributed by atoms with Crippen LogP contribution in [0.25, 0.3) is 0 Å². The number of alkyl carbamates (subject to hydrolysis) is 1. The molecule has 8 heteroatoms. The van der Waals surface area contributed by atoms with Gasteiger partial charge in [0.25, 0.3) is 0 Å². The predicted molar refractivity (Wildman–Crippen MR) is 131 cm³/mol. The van der Waals surface area contributed by atoms with Gasteiger partial charge in [-0.2, -0.15) is 12.6 Å². The smallest absolute Gasteiger partial charge is 0.408 e. The largest absolute Gasteiger partial charge is 0.444 e. The Balaban J connectivity index is 3.36. The first-order valence-electron chi connectivity index (χ1n) is 10.9. The molecule has 0 fully saturated rings. The number of carbonyl (C=O) groups is 3. The minimum absolute atomic E-state index is 0.0583. The average Bonchev–Trinajstić information content (AvgIpc) is 2.61. The quantitative estimate of drug-likeness (QED) is 0.531. The number of thiol groups is 1. The van der Waals surface area contributed by atoms with Crippen LogP contribution in [0, 0.1) is 6.92 Å². The maximum absolute atomic E-state index is 13.6. The van der Waals surface area contributed by atoms with Crippen LogP contribution in [0.15, 0.2) is 24.3 Å². The second-order valence-electron chi connectivity index (χ2n) is 10.3. The first kappa shape index (κ1) is 27.8. The van der Waals surface area contributed by atoms with Crippen molar-refractivity contribution in [1.82, 2.24) is 15.5 Å². The van der Waals surface area contributed by atoms with Gasteiger partial charge in [-0.05, 0) is 67.9 Å². The van der Waals surface area contributed by atoms with E-state index in [1.165, 1.54) is 4.90 Å². The molecule has 2 N–H and O–H groups in total. The third kappa shape index (κ3) is 8.73. The average molecular weight is 466 g/mol. The molecule has 1 aromatic rings. The molecule has 7 nitrogen and oxygen atoms in total. The lowest BCUT2D eigenvalue weighted by Gasteiger charge is -2.38. The summed E-state index contributed by atoms with van der Waals surface area (Å²) >= 11 is 4.28. The Morgan fingerprint density at radius 2 is 1.56 bits per heavy atom. The summed E-state index contributed by atoms with van der Waals surface area (Å²) in [5.41, 5.74) is 0.549. The first-order valence-corrected chi connectivity index (χ1v) is 11.5. The van der Waals surface area contributed by atoms with Gasteiger partial charge in [-0.25, -0.2) is 4.79 Å². The maximum Gasteiger partial charge on any atom is 0.408 e. The van der Waals surface area contributed by atoms with Crippen molar-refractivity contribution in [3.8, 4) is 0 Å². The topological polar surface area (TPSA) is 87.7 Å². The molecule has 2 unspecified atom stereocenters. The van der Waals surface area contributed by atoms with E-state index in [9.17, 15) is 14.4 Å². The highest BCUT2D eigenvalue weighted by Crippen LogP contribution is 2.26. The highest BCUT2D eigenvalue weighted by atomic mass is 32.1. The second-order valence-corrected chi connectivity index (χ2v) is 10.6. The molecule has 0 aliphatic rings. The molecule has 3 amide bonds. The molecule has 0 saturated heterocycles. The third-order valence-electron chi connectivity index (χ3n) is 4.40. The third-order valence-corrected chi connectivity index (χ3v) is 4.77. The van der Waals surface area contributed by atoms with Gasteiger partial charge < -0.3 is 20.3 Å².